The number of benzene rings is 2. The molecule has 2 N–H and O–H groups in total. The molecule has 0 atom stereocenters. The van der Waals surface area contributed by atoms with Gasteiger partial charge in [-0.25, -0.2) is 9.77 Å². The van der Waals surface area contributed by atoms with E-state index >= 15 is 0 Å². The predicted octanol–water partition coefficient (Wildman–Crippen LogP) is 5.40. The van der Waals surface area contributed by atoms with Crippen LogP contribution in [-0.4, -0.2) is 19.9 Å². The normalized spacial score (nSPS) is 10.7. The largest absolute Gasteiger partial charge is 0.489 e. The minimum absolute atomic E-state index is 0.485. The van der Waals surface area contributed by atoms with Gasteiger partial charge in [0.15, 0.2) is 5.82 Å². The van der Waals surface area contributed by atoms with Crippen LogP contribution < -0.4 is 10.2 Å². The third-order valence-electron chi connectivity index (χ3n) is 4.71. The van der Waals surface area contributed by atoms with E-state index in [9.17, 15) is 0 Å². The zero-order valence-corrected chi connectivity index (χ0v) is 18.7. The van der Waals surface area contributed by atoms with Gasteiger partial charge in [0.1, 0.15) is 12.4 Å². The lowest BCUT2D eigenvalue weighted by Gasteiger charge is -2.15. The van der Waals surface area contributed by atoms with Crippen molar-refractivity contribution in [1.29, 1.82) is 0 Å². The van der Waals surface area contributed by atoms with E-state index in [0.717, 1.165) is 26.9 Å². The summed E-state index contributed by atoms with van der Waals surface area (Å²) in [5, 5.41) is 7.18. The second kappa shape index (κ2) is 9.23. The van der Waals surface area contributed by atoms with Gasteiger partial charge in [-0.15, -0.1) is 0 Å². The average Bonchev–Trinajstić information content (AvgIpc) is 3.13. The summed E-state index contributed by atoms with van der Waals surface area (Å²) >= 11 is 8.95. The molecular formula is C22H20BrN5OS. The molecule has 152 valence electrons. The van der Waals surface area contributed by atoms with Crippen molar-refractivity contribution in [3.63, 3.8) is 0 Å². The SMILES string of the molecule is Cc1ccccc1COc1ccc(Br)cc1CNn1c(-c2ccncc2)n[nH]c1=S. The first kappa shape index (κ1) is 20.3. The summed E-state index contributed by atoms with van der Waals surface area (Å²) in [6.07, 6.45) is 3.45. The van der Waals surface area contributed by atoms with Crippen LogP contribution in [0, 0.1) is 11.7 Å². The number of ether oxygens (including phenoxy) is 1. The predicted molar refractivity (Wildman–Crippen MR) is 123 cm³/mol. The Morgan fingerprint density at radius 2 is 1.90 bits per heavy atom. The molecule has 0 saturated carbocycles. The molecule has 0 aliphatic heterocycles. The molecule has 2 aromatic heterocycles. The summed E-state index contributed by atoms with van der Waals surface area (Å²) in [4.78, 5) is 4.06. The highest BCUT2D eigenvalue weighted by Gasteiger charge is 2.11. The standard InChI is InChI=1S/C22H20BrN5OS/c1-15-4-2-3-5-17(15)14-29-20-7-6-19(23)12-18(20)13-25-28-21(26-27-22(28)30)16-8-10-24-11-9-16/h2-12,25H,13-14H2,1H3,(H,27,30). The van der Waals surface area contributed by atoms with Gasteiger partial charge in [-0.2, -0.15) is 5.10 Å². The molecule has 0 amide bonds. The molecule has 2 heterocycles. The van der Waals surface area contributed by atoms with Crippen LogP contribution in [0.25, 0.3) is 11.4 Å². The van der Waals surface area contributed by atoms with Gasteiger partial charge >= 0.3 is 0 Å². The van der Waals surface area contributed by atoms with Crippen molar-refractivity contribution in [2.75, 3.05) is 5.43 Å². The van der Waals surface area contributed by atoms with Crippen LogP contribution in [-0.2, 0) is 13.2 Å². The number of pyridine rings is 1. The van der Waals surface area contributed by atoms with Gasteiger partial charge < -0.3 is 10.2 Å². The Hall–Kier alpha value is -2.97. The quantitative estimate of drug-likeness (QED) is 0.346. The number of aromatic amines is 1. The zero-order chi connectivity index (χ0) is 20.9. The van der Waals surface area contributed by atoms with Crippen LogP contribution in [0.5, 0.6) is 5.75 Å². The minimum Gasteiger partial charge on any atom is -0.489 e. The molecule has 0 fully saturated rings. The molecule has 4 aromatic rings. The lowest BCUT2D eigenvalue weighted by atomic mass is 10.1. The number of aromatic nitrogens is 4. The maximum atomic E-state index is 6.15. The highest BCUT2D eigenvalue weighted by atomic mass is 79.9. The first-order valence-corrected chi connectivity index (χ1v) is 10.6. The van der Waals surface area contributed by atoms with Crippen molar-refractivity contribution in [3.8, 4) is 17.1 Å². The third-order valence-corrected chi connectivity index (χ3v) is 5.47. The van der Waals surface area contributed by atoms with Gasteiger partial charge in [0, 0.05) is 28.0 Å². The Bertz CT molecular complexity index is 1210. The van der Waals surface area contributed by atoms with Gasteiger partial charge in [-0.05, 0) is 60.6 Å². The van der Waals surface area contributed by atoms with Crippen LogP contribution in [0.15, 0.2) is 71.5 Å². The van der Waals surface area contributed by atoms with Gasteiger partial charge in [-0.3, -0.25) is 4.98 Å². The smallest absolute Gasteiger partial charge is 0.214 e. The van der Waals surface area contributed by atoms with E-state index in [-0.39, 0.29) is 0 Å². The Labute approximate surface area is 188 Å². The van der Waals surface area contributed by atoms with Crippen molar-refractivity contribution in [1.82, 2.24) is 19.9 Å². The first-order chi connectivity index (χ1) is 14.6. The second-order valence-corrected chi connectivity index (χ2v) is 8.03. The zero-order valence-electron chi connectivity index (χ0n) is 16.3. The van der Waals surface area contributed by atoms with E-state index < -0.39 is 0 Å². The summed E-state index contributed by atoms with van der Waals surface area (Å²) in [5.41, 5.74) is 7.64. The van der Waals surface area contributed by atoms with Crippen LogP contribution in [0.4, 0.5) is 0 Å². The molecular weight excluding hydrogens is 462 g/mol. The Morgan fingerprint density at radius 3 is 2.70 bits per heavy atom. The summed E-state index contributed by atoms with van der Waals surface area (Å²) in [6, 6.07) is 18.0. The molecule has 2 aromatic carbocycles. The Balaban J connectivity index is 1.55. The number of aryl methyl sites for hydroxylation is 1. The van der Waals surface area contributed by atoms with Gasteiger partial charge in [0.25, 0.3) is 0 Å². The molecule has 0 saturated heterocycles. The molecule has 0 unspecified atom stereocenters. The van der Waals surface area contributed by atoms with E-state index in [1.54, 1.807) is 17.1 Å². The van der Waals surface area contributed by atoms with Crippen LogP contribution >= 0.6 is 28.1 Å². The summed E-state index contributed by atoms with van der Waals surface area (Å²) in [5.74, 6) is 1.51. The van der Waals surface area contributed by atoms with E-state index in [2.05, 4.69) is 55.6 Å². The summed E-state index contributed by atoms with van der Waals surface area (Å²) in [7, 11) is 0. The first-order valence-electron chi connectivity index (χ1n) is 9.39. The third kappa shape index (κ3) is 4.60. The number of hydrogen-bond donors (Lipinski definition) is 2. The lowest BCUT2D eigenvalue weighted by Crippen LogP contribution is -2.16. The van der Waals surface area contributed by atoms with Gasteiger partial charge in [0.05, 0.1) is 6.54 Å². The average molecular weight is 482 g/mol. The fourth-order valence-corrected chi connectivity index (χ4v) is 3.66. The van der Waals surface area contributed by atoms with Crippen LogP contribution in [0.2, 0.25) is 0 Å². The monoisotopic (exact) mass is 481 g/mol. The number of halogens is 1. The van der Waals surface area contributed by atoms with Crippen molar-refractivity contribution < 1.29 is 4.74 Å². The lowest BCUT2D eigenvalue weighted by molar-refractivity contribution is 0.302. The summed E-state index contributed by atoms with van der Waals surface area (Å²) < 4.78 is 9.37. The molecule has 0 aliphatic carbocycles. The van der Waals surface area contributed by atoms with E-state index in [1.807, 2.05) is 42.5 Å². The number of nitrogens with one attached hydrogen (secondary N) is 2. The fourth-order valence-electron chi connectivity index (χ4n) is 3.06. The molecule has 30 heavy (non-hydrogen) atoms. The Morgan fingerprint density at radius 1 is 1.10 bits per heavy atom. The number of hydrogen-bond acceptors (Lipinski definition) is 5. The van der Waals surface area contributed by atoms with Gasteiger partial charge in [-0.1, -0.05) is 40.2 Å². The minimum atomic E-state index is 0.485. The highest BCUT2D eigenvalue weighted by molar-refractivity contribution is 9.10. The molecule has 4 rings (SSSR count). The van der Waals surface area contributed by atoms with Crippen molar-refractivity contribution >= 4 is 28.1 Å². The second-order valence-electron chi connectivity index (χ2n) is 6.73. The molecule has 8 heteroatoms. The van der Waals surface area contributed by atoms with Crippen molar-refractivity contribution in [3.05, 3.63) is 92.9 Å². The van der Waals surface area contributed by atoms with E-state index in [0.29, 0.717) is 23.7 Å². The molecule has 6 nitrogen and oxygen atoms in total. The number of nitrogens with zero attached hydrogens (tertiary/aromatic N) is 3. The van der Waals surface area contributed by atoms with E-state index in [1.165, 1.54) is 5.56 Å². The van der Waals surface area contributed by atoms with Crippen LogP contribution in [0.3, 0.4) is 0 Å². The summed E-state index contributed by atoms with van der Waals surface area (Å²) in [6.45, 7) is 3.10. The Kier molecular flexibility index (Phi) is 6.25. The van der Waals surface area contributed by atoms with Crippen molar-refractivity contribution in [2.24, 2.45) is 0 Å². The topological polar surface area (TPSA) is 67.8 Å². The molecule has 0 radical (unpaired) electrons. The molecule has 0 aliphatic rings. The maximum absolute atomic E-state index is 6.15. The number of rotatable bonds is 7. The molecule has 0 bridgehead atoms. The van der Waals surface area contributed by atoms with Crippen LogP contribution in [0.1, 0.15) is 16.7 Å². The number of H-pyrrole nitrogens is 1. The fraction of sp³-hybridized carbons (Fsp3) is 0.136. The van der Waals surface area contributed by atoms with Crippen molar-refractivity contribution in [2.45, 2.75) is 20.1 Å². The highest BCUT2D eigenvalue weighted by Crippen LogP contribution is 2.25. The van der Waals surface area contributed by atoms with E-state index in [4.69, 9.17) is 17.0 Å². The van der Waals surface area contributed by atoms with Gasteiger partial charge in [0.2, 0.25) is 4.77 Å². The molecule has 0 spiro atoms. The maximum Gasteiger partial charge on any atom is 0.214 e.